The zero-order valence-electron chi connectivity index (χ0n) is 20.6. The van der Waals surface area contributed by atoms with Gasteiger partial charge in [0.05, 0.1) is 18.5 Å². The fraction of sp³-hybridized carbons (Fsp3) is 0.520. The molecule has 2 aliphatic rings. The van der Waals surface area contributed by atoms with Crippen LogP contribution in [0.15, 0.2) is 35.4 Å². The maximum absolute atomic E-state index is 13.4. The van der Waals surface area contributed by atoms with Gasteiger partial charge in [-0.25, -0.2) is 9.97 Å². The Bertz CT molecular complexity index is 1190. The van der Waals surface area contributed by atoms with E-state index in [0.29, 0.717) is 43.0 Å². The second-order valence-electron chi connectivity index (χ2n) is 8.90. The first kappa shape index (κ1) is 26.1. The number of piperazine rings is 1. The van der Waals surface area contributed by atoms with Crippen LogP contribution in [-0.2, 0) is 4.74 Å². The summed E-state index contributed by atoms with van der Waals surface area (Å²) >= 11 is 0. The molecule has 0 atom stereocenters. The van der Waals surface area contributed by atoms with Gasteiger partial charge in [-0.05, 0) is 38.0 Å². The van der Waals surface area contributed by atoms with Gasteiger partial charge in [0, 0.05) is 50.4 Å². The molecular weight excluding hydrogens is 482 g/mol. The van der Waals surface area contributed by atoms with Crippen LogP contribution in [0, 0.1) is 0 Å². The van der Waals surface area contributed by atoms with Crippen LogP contribution in [0.25, 0.3) is 11.0 Å². The number of nitrogens with one attached hydrogen (secondary N) is 2. The normalized spacial score (nSPS) is 16.2. The number of aromatic nitrogens is 4. The van der Waals surface area contributed by atoms with Crippen molar-refractivity contribution >= 4 is 40.9 Å². The number of rotatable bonds is 9. The molecule has 0 radical (unpaired) electrons. The highest BCUT2D eigenvalue weighted by atomic mass is 35.5. The van der Waals surface area contributed by atoms with E-state index in [1.54, 1.807) is 16.8 Å². The van der Waals surface area contributed by atoms with Crippen LogP contribution in [0.1, 0.15) is 38.6 Å². The first-order valence-electron chi connectivity index (χ1n) is 12.5. The van der Waals surface area contributed by atoms with E-state index in [0.717, 1.165) is 62.9 Å². The second kappa shape index (κ2) is 12.3. The van der Waals surface area contributed by atoms with Crippen molar-refractivity contribution in [2.45, 2.75) is 38.6 Å². The van der Waals surface area contributed by atoms with Crippen molar-refractivity contribution in [2.75, 3.05) is 56.2 Å². The monoisotopic (exact) mass is 515 g/mol. The van der Waals surface area contributed by atoms with Gasteiger partial charge in [0.1, 0.15) is 18.1 Å². The molecule has 0 aromatic carbocycles. The molecule has 0 unspecified atom stereocenters. The zero-order valence-corrected chi connectivity index (χ0v) is 21.4. The molecule has 0 amide bonds. The number of nitrogens with zero attached hydrogens (tertiary/aromatic N) is 5. The Hall–Kier alpha value is -2.95. The van der Waals surface area contributed by atoms with Gasteiger partial charge in [-0.1, -0.05) is 12.8 Å². The van der Waals surface area contributed by atoms with Crippen molar-refractivity contribution in [2.24, 2.45) is 0 Å². The maximum Gasteiger partial charge on any atom is 0.294 e. The lowest BCUT2D eigenvalue weighted by Crippen LogP contribution is -2.43. The molecule has 3 aromatic heterocycles. The van der Waals surface area contributed by atoms with Gasteiger partial charge >= 0.3 is 0 Å². The molecule has 3 aromatic rings. The van der Waals surface area contributed by atoms with Gasteiger partial charge < -0.3 is 25.0 Å². The first-order valence-corrected chi connectivity index (χ1v) is 12.5. The molecule has 194 valence electrons. The summed E-state index contributed by atoms with van der Waals surface area (Å²) in [6.07, 6.45) is 7.73. The Kier molecular flexibility index (Phi) is 8.95. The molecule has 10 nitrogen and oxygen atoms in total. The van der Waals surface area contributed by atoms with Gasteiger partial charge in [-0.2, -0.15) is 4.98 Å². The molecular formula is C25H34ClN7O3. The van der Waals surface area contributed by atoms with Crippen LogP contribution >= 0.6 is 12.4 Å². The van der Waals surface area contributed by atoms with Gasteiger partial charge in [0.25, 0.3) is 5.56 Å². The van der Waals surface area contributed by atoms with Crippen molar-refractivity contribution in [1.29, 1.82) is 0 Å². The van der Waals surface area contributed by atoms with Gasteiger partial charge in [0.2, 0.25) is 5.95 Å². The lowest BCUT2D eigenvalue weighted by Gasteiger charge is -2.29. The molecule has 1 aliphatic carbocycles. The summed E-state index contributed by atoms with van der Waals surface area (Å²) < 4.78 is 12.9. The third-order valence-corrected chi connectivity index (χ3v) is 6.59. The summed E-state index contributed by atoms with van der Waals surface area (Å²) in [4.78, 5) is 29.5. The van der Waals surface area contributed by atoms with E-state index >= 15 is 0 Å². The number of anilines is 3. The third-order valence-electron chi connectivity index (χ3n) is 6.59. The molecule has 36 heavy (non-hydrogen) atoms. The van der Waals surface area contributed by atoms with Gasteiger partial charge in [0.15, 0.2) is 5.75 Å². The Balaban J connectivity index is 0.00000304. The topological polar surface area (TPSA) is 106 Å². The zero-order chi connectivity index (χ0) is 24.0. The average Bonchev–Trinajstić information content (AvgIpc) is 3.42. The summed E-state index contributed by atoms with van der Waals surface area (Å²) in [5.74, 6) is 1.39. The van der Waals surface area contributed by atoms with E-state index in [1.807, 2.05) is 19.2 Å². The first-order chi connectivity index (χ1) is 17.2. The minimum atomic E-state index is -0.149. The van der Waals surface area contributed by atoms with E-state index in [1.165, 1.54) is 0 Å². The van der Waals surface area contributed by atoms with Crippen LogP contribution in [0.5, 0.6) is 5.75 Å². The number of ether oxygens (including phenoxy) is 2. The smallest absolute Gasteiger partial charge is 0.294 e. The Morgan fingerprint density at radius 3 is 2.64 bits per heavy atom. The molecule has 11 heteroatoms. The number of pyridine rings is 2. The SMILES string of the molecule is CCOCCOc1cc2cnc(Nc3ccc(N4CCNCC4)cn3)nc2n(C2CCCC2)c1=O.Cl. The number of fused-ring (bicyclic) bond motifs is 1. The van der Waals surface area contributed by atoms with Gasteiger partial charge in [-0.15, -0.1) is 12.4 Å². The fourth-order valence-corrected chi connectivity index (χ4v) is 4.80. The molecule has 1 saturated carbocycles. The van der Waals surface area contributed by atoms with Crippen molar-refractivity contribution in [3.05, 3.63) is 40.9 Å². The van der Waals surface area contributed by atoms with E-state index < -0.39 is 0 Å². The van der Waals surface area contributed by atoms with Crippen LogP contribution in [0.4, 0.5) is 17.5 Å². The molecule has 0 bridgehead atoms. The quantitative estimate of drug-likeness (QED) is 0.415. The van der Waals surface area contributed by atoms with Crippen molar-refractivity contribution < 1.29 is 9.47 Å². The Morgan fingerprint density at radius 2 is 1.92 bits per heavy atom. The number of halogens is 1. The maximum atomic E-state index is 13.4. The predicted octanol–water partition coefficient (Wildman–Crippen LogP) is 3.29. The lowest BCUT2D eigenvalue weighted by molar-refractivity contribution is 0.109. The van der Waals surface area contributed by atoms with Gasteiger partial charge in [-0.3, -0.25) is 9.36 Å². The number of hydrogen-bond donors (Lipinski definition) is 2. The van der Waals surface area contributed by atoms with Crippen molar-refractivity contribution in [3.8, 4) is 5.75 Å². The molecule has 1 saturated heterocycles. The third kappa shape index (κ3) is 5.88. The molecule has 2 N–H and O–H groups in total. The lowest BCUT2D eigenvalue weighted by atomic mass is 10.2. The molecule has 4 heterocycles. The average molecular weight is 516 g/mol. The minimum absolute atomic E-state index is 0. The highest BCUT2D eigenvalue weighted by Crippen LogP contribution is 2.31. The second-order valence-corrected chi connectivity index (χ2v) is 8.90. The van der Waals surface area contributed by atoms with Crippen LogP contribution in [0.2, 0.25) is 0 Å². The molecule has 1 aliphatic heterocycles. The van der Waals surface area contributed by atoms with E-state index in [2.05, 4.69) is 31.6 Å². The minimum Gasteiger partial charge on any atom is -0.485 e. The molecule has 2 fully saturated rings. The van der Waals surface area contributed by atoms with Crippen molar-refractivity contribution in [1.82, 2.24) is 24.8 Å². The molecule has 0 spiro atoms. The summed E-state index contributed by atoms with van der Waals surface area (Å²) in [5, 5.41) is 7.33. The summed E-state index contributed by atoms with van der Waals surface area (Å²) in [5.41, 5.74) is 1.57. The van der Waals surface area contributed by atoms with Crippen LogP contribution in [-0.4, -0.2) is 65.5 Å². The van der Waals surface area contributed by atoms with E-state index in [-0.39, 0.29) is 24.0 Å². The van der Waals surface area contributed by atoms with E-state index in [9.17, 15) is 4.79 Å². The largest absolute Gasteiger partial charge is 0.485 e. The van der Waals surface area contributed by atoms with Crippen LogP contribution in [0.3, 0.4) is 0 Å². The fourth-order valence-electron chi connectivity index (χ4n) is 4.80. The highest BCUT2D eigenvalue weighted by Gasteiger charge is 2.23. The van der Waals surface area contributed by atoms with Crippen LogP contribution < -0.4 is 25.8 Å². The Labute approximate surface area is 216 Å². The highest BCUT2D eigenvalue weighted by molar-refractivity contribution is 5.85. The summed E-state index contributed by atoms with van der Waals surface area (Å²) in [6, 6.07) is 5.84. The Morgan fingerprint density at radius 1 is 1.11 bits per heavy atom. The summed E-state index contributed by atoms with van der Waals surface area (Å²) in [7, 11) is 0. The standard InChI is InChI=1S/C25H33N7O3.ClH/c1-2-34-13-14-35-21-15-18-16-28-25(30-23(18)32(24(21)33)19-5-3-4-6-19)29-22-8-7-20(17-27-22)31-11-9-26-10-12-31;/h7-8,15-17,19,26H,2-6,9-14H2,1H3,(H,27,28,29,30);1H. The number of hydrogen-bond acceptors (Lipinski definition) is 9. The predicted molar refractivity (Wildman–Crippen MR) is 143 cm³/mol. The van der Waals surface area contributed by atoms with Crippen molar-refractivity contribution in [3.63, 3.8) is 0 Å². The van der Waals surface area contributed by atoms with E-state index in [4.69, 9.17) is 14.5 Å². The molecule has 5 rings (SSSR count). The summed E-state index contributed by atoms with van der Waals surface area (Å²) in [6.45, 7) is 7.22.